The van der Waals surface area contributed by atoms with Crippen molar-refractivity contribution in [2.24, 2.45) is 17.8 Å². The van der Waals surface area contributed by atoms with Crippen molar-refractivity contribution in [1.82, 2.24) is 5.32 Å². The summed E-state index contributed by atoms with van der Waals surface area (Å²) in [5, 5.41) is 3.66. The van der Waals surface area contributed by atoms with Crippen LogP contribution < -0.4 is 5.32 Å². The lowest BCUT2D eigenvalue weighted by Gasteiger charge is -2.24. The third kappa shape index (κ3) is 2.94. The second-order valence-electron chi connectivity index (χ2n) is 5.53. The molecule has 4 atom stereocenters. The fraction of sp³-hybridized carbons (Fsp3) is 1.00. The van der Waals surface area contributed by atoms with Crippen LogP contribution in [0, 0.1) is 17.8 Å². The van der Waals surface area contributed by atoms with Crippen molar-refractivity contribution < 1.29 is 4.74 Å². The molecule has 0 spiro atoms. The second kappa shape index (κ2) is 5.31. The van der Waals surface area contributed by atoms with Gasteiger partial charge in [0.2, 0.25) is 0 Å². The highest BCUT2D eigenvalue weighted by Gasteiger charge is 2.38. The van der Waals surface area contributed by atoms with Crippen molar-refractivity contribution in [2.75, 3.05) is 20.3 Å². The lowest BCUT2D eigenvalue weighted by atomic mass is 9.88. The predicted octanol–water partition coefficient (Wildman–Crippen LogP) is 2.44. The summed E-state index contributed by atoms with van der Waals surface area (Å²) in [4.78, 5) is 0. The van der Waals surface area contributed by atoms with Gasteiger partial charge in [-0.05, 0) is 56.9 Å². The Labute approximate surface area is 93.8 Å². The Morgan fingerprint density at radius 2 is 2.20 bits per heavy atom. The third-order valence-corrected chi connectivity index (χ3v) is 4.37. The largest absolute Gasteiger partial charge is 0.385 e. The minimum atomic E-state index is 0.615. The molecule has 0 aromatic carbocycles. The molecule has 2 aliphatic carbocycles. The lowest BCUT2D eigenvalue weighted by Crippen LogP contribution is -2.33. The Kier molecular flexibility index (Phi) is 4.04. The highest BCUT2D eigenvalue weighted by atomic mass is 16.5. The number of fused-ring (bicyclic) bond motifs is 2. The lowest BCUT2D eigenvalue weighted by molar-refractivity contribution is 0.182. The number of hydrogen-bond donors (Lipinski definition) is 1. The zero-order valence-corrected chi connectivity index (χ0v) is 10.2. The van der Waals surface area contributed by atoms with Crippen LogP contribution in [0.2, 0.25) is 0 Å². The number of hydrogen-bond acceptors (Lipinski definition) is 2. The van der Waals surface area contributed by atoms with Gasteiger partial charge in [0.05, 0.1) is 0 Å². The van der Waals surface area contributed by atoms with Gasteiger partial charge in [-0.1, -0.05) is 6.42 Å². The maximum atomic E-state index is 5.09. The molecule has 0 amide bonds. The SMILES string of the molecule is COCCC(C)NCC1CC2CCC1C2. The summed E-state index contributed by atoms with van der Waals surface area (Å²) in [7, 11) is 1.78. The third-order valence-electron chi connectivity index (χ3n) is 4.37. The fourth-order valence-corrected chi connectivity index (χ4v) is 3.38. The molecule has 1 N–H and O–H groups in total. The van der Waals surface area contributed by atoms with Crippen LogP contribution in [0.25, 0.3) is 0 Å². The van der Waals surface area contributed by atoms with Gasteiger partial charge in [-0.3, -0.25) is 0 Å². The Balaban J connectivity index is 1.61. The van der Waals surface area contributed by atoms with Gasteiger partial charge < -0.3 is 10.1 Å². The number of methoxy groups -OCH3 is 1. The summed E-state index contributed by atoms with van der Waals surface area (Å²) >= 11 is 0. The van der Waals surface area contributed by atoms with Crippen LogP contribution >= 0.6 is 0 Å². The molecule has 0 aliphatic heterocycles. The maximum Gasteiger partial charge on any atom is 0.0476 e. The Bertz CT molecular complexity index is 195. The van der Waals surface area contributed by atoms with Crippen LogP contribution in [0.3, 0.4) is 0 Å². The molecule has 0 saturated heterocycles. The van der Waals surface area contributed by atoms with E-state index < -0.39 is 0 Å². The van der Waals surface area contributed by atoms with Gasteiger partial charge in [0.15, 0.2) is 0 Å². The van der Waals surface area contributed by atoms with E-state index in [0.717, 1.165) is 30.8 Å². The van der Waals surface area contributed by atoms with Gasteiger partial charge in [0.25, 0.3) is 0 Å². The number of rotatable bonds is 6. The molecule has 88 valence electrons. The molecule has 2 nitrogen and oxygen atoms in total. The molecular weight excluding hydrogens is 186 g/mol. The monoisotopic (exact) mass is 211 g/mol. The molecule has 0 aromatic heterocycles. The fourth-order valence-electron chi connectivity index (χ4n) is 3.38. The van der Waals surface area contributed by atoms with E-state index in [-0.39, 0.29) is 0 Å². The highest BCUT2D eigenvalue weighted by Crippen LogP contribution is 2.47. The van der Waals surface area contributed by atoms with Gasteiger partial charge in [-0.15, -0.1) is 0 Å². The molecule has 2 rings (SSSR count). The summed E-state index contributed by atoms with van der Waals surface area (Å²) in [6.45, 7) is 4.39. The standard InChI is InChI=1S/C13H25NO/c1-10(5-6-15-2)14-9-13-8-11-3-4-12(13)7-11/h10-14H,3-9H2,1-2H3. The van der Waals surface area contributed by atoms with Crippen molar-refractivity contribution in [3.8, 4) is 0 Å². The van der Waals surface area contributed by atoms with Gasteiger partial charge >= 0.3 is 0 Å². The van der Waals surface area contributed by atoms with E-state index in [9.17, 15) is 0 Å². The van der Waals surface area contributed by atoms with Crippen molar-refractivity contribution in [2.45, 2.75) is 45.1 Å². The van der Waals surface area contributed by atoms with Crippen LogP contribution in [0.15, 0.2) is 0 Å². The Morgan fingerprint density at radius 1 is 1.33 bits per heavy atom. The van der Waals surface area contributed by atoms with Crippen LogP contribution in [0.5, 0.6) is 0 Å². The van der Waals surface area contributed by atoms with E-state index in [1.807, 2.05) is 0 Å². The van der Waals surface area contributed by atoms with Gasteiger partial charge in [-0.25, -0.2) is 0 Å². The Morgan fingerprint density at radius 3 is 2.80 bits per heavy atom. The van der Waals surface area contributed by atoms with Crippen molar-refractivity contribution in [3.63, 3.8) is 0 Å². The molecule has 15 heavy (non-hydrogen) atoms. The van der Waals surface area contributed by atoms with Crippen LogP contribution in [0.4, 0.5) is 0 Å². The minimum absolute atomic E-state index is 0.615. The molecular formula is C13H25NO. The van der Waals surface area contributed by atoms with Crippen LogP contribution in [-0.4, -0.2) is 26.3 Å². The normalized spacial score (nSPS) is 36.0. The first-order valence-electron chi connectivity index (χ1n) is 6.52. The topological polar surface area (TPSA) is 21.3 Å². The molecule has 4 unspecified atom stereocenters. The van der Waals surface area contributed by atoms with Crippen molar-refractivity contribution >= 4 is 0 Å². The van der Waals surface area contributed by atoms with E-state index in [4.69, 9.17) is 4.74 Å². The summed E-state index contributed by atoms with van der Waals surface area (Å²) in [5.41, 5.74) is 0. The average molecular weight is 211 g/mol. The zero-order valence-electron chi connectivity index (χ0n) is 10.2. The molecule has 0 aromatic rings. The summed E-state index contributed by atoms with van der Waals surface area (Å²) < 4.78 is 5.09. The first-order chi connectivity index (χ1) is 7.29. The first kappa shape index (κ1) is 11.4. The molecule has 2 saturated carbocycles. The molecule has 2 heteroatoms. The molecule has 2 aliphatic rings. The molecule has 0 heterocycles. The summed E-state index contributed by atoms with van der Waals surface area (Å²) in [6.07, 6.45) is 7.18. The minimum Gasteiger partial charge on any atom is -0.385 e. The van der Waals surface area contributed by atoms with Crippen LogP contribution in [0.1, 0.15) is 39.0 Å². The summed E-state index contributed by atoms with van der Waals surface area (Å²) in [5.74, 6) is 3.11. The first-order valence-corrected chi connectivity index (χ1v) is 6.52. The van der Waals surface area contributed by atoms with E-state index in [0.29, 0.717) is 6.04 Å². The highest BCUT2D eigenvalue weighted by molar-refractivity contribution is 4.91. The smallest absolute Gasteiger partial charge is 0.0476 e. The number of nitrogens with one attached hydrogen (secondary N) is 1. The molecule has 0 radical (unpaired) electrons. The quantitative estimate of drug-likeness (QED) is 0.728. The van der Waals surface area contributed by atoms with E-state index >= 15 is 0 Å². The molecule has 2 fully saturated rings. The number of ether oxygens (including phenoxy) is 1. The average Bonchev–Trinajstić information content (AvgIpc) is 2.84. The van der Waals surface area contributed by atoms with Crippen molar-refractivity contribution in [3.05, 3.63) is 0 Å². The van der Waals surface area contributed by atoms with Gasteiger partial charge in [0.1, 0.15) is 0 Å². The van der Waals surface area contributed by atoms with E-state index in [2.05, 4.69) is 12.2 Å². The van der Waals surface area contributed by atoms with Gasteiger partial charge in [-0.2, -0.15) is 0 Å². The van der Waals surface area contributed by atoms with E-state index in [1.165, 1.54) is 32.2 Å². The zero-order chi connectivity index (χ0) is 10.7. The van der Waals surface area contributed by atoms with Gasteiger partial charge in [0, 0.05) is 19.8 Å². The van der Waals surface area contributed by atoms with E-state index in [1.54, 1.807) is 7.11 Å². The predicted molar refractivity (Wildman–Crippen MR) is 62.9 cm³/mol. The maximum absolute atomic E-state index is 5.09. The summed E-state index contributed by atoms with van der Waals surface area (Å²) in [6, 6.07) is 0.615. The van der Waals surface area contributed by atoms with Crippen LogP contribution in [-0.2, 0) is 4.74 Å². The Hall–Kier alpha value is -0.0800. The van der Waals surface area contributed by atoms with Crippen molar-refractivity contribution in [1.29, 1.82) is 0 Å². The molecule has 2 bridgehead atoms. The second-order valence-corrected chi connectivity index (χ2v) is 5.53.